The molecule has 0 atom stereocenters. The Morgan fingerprint density at radius 1 is 1.24 bits per heavy atom. The summed E-state index contributed by atoms with van der Waals surface area (Å²) in [5.74, 6) is 0.896. The first-order chi connectivity index (χ1) is 10.2. The highest BCUT2D eigenvalue weighted by molar-refractivity contribution is 5.69. The Bertz CT molecular complexity index is 590. The van der Waals surface area contributed by atoms with E-state index >= 15 is 0 Å². The molecule has 0 unspecified atom stereocenters. The SMILES string of the molecule is CCCNCc1cc(OC)ccc1-c1cn(CC)nc1C. The van der Waals surface area contributed by atoms with E-state index in [-0.39, 0.29) is 0 Å². The van der Waals surface area contributed by atoms with Gasteiger partial charge >= 0.3 is 0 Å². The van der Waals surface area contributed by atoms with Crippen molar-refractivity contribution in [2.24, 2.45) is 0 Å². The zero-order valence-electron chi connectivity index (χ0n) is 13.4. The molecule has 4 heteroatoms. The second-order valence-corrected chi connectivity index (χ2v) is 5.18. The fourth-order valence-electron chi connectivity index (χ4n) is 2.45. The lowest BCUT2D eigenvalue weighted by Crippen LogP contribution is -2.14. The molecule has 0 fully saturated rings. The molecule has 1 heterocycles. The summed E-state index contributed by atoms with van der Waals surface area (Å²) in [5.41, 5.74) is 4.75. The van der Waals surface area contributed by atoms with Crippen LogP contribution in [0, 0.1) is 6.92 Å². The fourth-order valence-corrected chi connectivity index (χ4v) is 2.45. The number of nitrogens with one attached hydrogen (secondary N) is 1. The van der Waals surface area contributed by atoms with Gasteiger partial charge < -0.3 is 10.1 Å². The van der Waals surface area contributed by atoms with Crippen LogP contribution in [0.1, 0.15) is 31.5 Å². The normalized spacial score (nSPS) is 10.9. The van der Waals surface area contributed by atoms with Crippen LogP contribution in [0.4, 0.5) is 0 Å². The average Bonchev–Trinajstić information content (AvgIpc) is 2.88. The van der Waals surface area contributed by atoms with E-state index < -0.39 is 0 Å². The number of benzene rings is 1. The molecule has 1 aromatic heterocycles. The van der Waals surface area contributed by atoms with Crippen molar-refractivity contribution in [3.8, 4) is 16.9 Å². The standard InChI is InChI=1S/C17H25N3O/c1-5-9-18-11-14-10-15(21-4)7-8-16(14)17-12-20(6-2)19-13(17)3/h7-8,10,12,18H,5-6,9,11H2,1-4H3. The van der Waals surface area contributed by atoms with Crippen LogP contribution in [0.2, 0.25) is 0 Å². The highest BCUT2D eigenvalue weighted by Gasteiger charge is 2.12. The number of aromatic nitrogens is 2. The van der Waals surface area contributed by atoms with Gasteiger partial charge in [0.15, 0.2) is 0 Å². The van der Waals surface area contributed by atoms with Crippen molar-refractivity contribution >= 4 is 0 Å². The summed E-state index contributed by atoms with van der Waals surface area (Å²) in [4.78, 5) is 0. The molecule has 2 rings (SSSR count). The maximum Gasteiger partial charge on any atom is 0.119 e. The van der Waals surface area contributed by atoms with Crippen LogP contribution in [0.25, 0.3) is 11.1 Å². The number of ether oxygens (including phenoxy) is 1. The van der Waals surface area contributed by atoms with E-state index in [1.165, 1.54) is 16.7 Å². The Kier molecular flexibility index (Phi) is 5.39. The van der Waals surface area contributed by atoms with E-state index in [2.05, 4.69) is 49.5 Å². The molecule has 0 saturated heterocycles. The topological polar surface area (TPSA) is 39.1 Å². The molecule has 1 N–H and O–H groups in total. The average molecular weight is 287 g/mol. The van der Waals surface area contributed by atoms with Crippen LogP contribution in [0.15, 0.2) is 24.4 Å². The molecule has 1 aromatic carbocycles. The van der Waals surface area contributed by atoms with Crippen LogP contribution < -0.4 is 10.1 Å². The van der Waals surface area contributed by atoms with Crippen molar-refractivity contribution < 1.29 is 4.74 Å². The van der Waals surface area contributed by atoms with E-state index in [1.807, 2.05) is 10.7 Å². The molecule has 0 aliphatic heterocycles. The zero-order chi connectivity index (χ0) is 15.2. The fraction of sp³-hybridized carbons (Fsp3) is 0.471. The van der Waals surface area contributed by atoms with Gasteiger partial charge in [-0.1, -0.05) is 13.0 Å². The summed E-state index contributed by atoms with van der Waals surface area (Å²) in [6.45, 7) is 9.10. The summed E-state index contributed by atoms with van der Waals surface area (Å²) in [7, 11) is 1.71. The maximum absolute atomic E-state index is 5.36. The first-order valence-corrected chi connectivity index (χ1v) is 7.61. The molecule has 0 radical (unpaired) electrons. The number of hydrogen-bond donors (Lipinski definition) is 1. The van der Waals surface area contributed by atoms with Gasteiger partial charge in [0, 0.05) is 24.8 Å². The number of aryl methyl sites for hydroxylation is 2. The number of rotatable bonds is 7. The van der Waals surface area contributed by atoms with Crippen molar-refractivity contribution in [1.29, 1.82) is 0 Å². The Morgan fingerprint density at radius 2 is 2.05 bits per heavy atom. The lowest BCUT2D eigenvalue weighted by molar-refractivity contribution is 0.414. The van der Waals surface area contributed by atoms with Gasteiger partial charge in [-0.2, -0.15) is 5.10 Å². The second-order valence-electron chi connectivity index (χ2n) is 5.18. The number of hydrogen-bond acceptors (Lipinski definition) is 3. The molecular weight excluding hydrogens is 262 g/mol. The largest absolute Gasteiger partial charge is 0.497 e. The molecule has 4 nitrogen and oxygen atoms in total. The van der Waals surface area contributed by atoms with Crippen LogP contribution in [-0.4, -0.2) is 23.4 Å². The smallest absolute Gasteiger partial charge is 0.119 e. The Labute approximate surface area is 127 Å². The van der Waals surface area contributed by atoms with Gasteiger partial charge in [-0.05, 0) is 50.1 Å². The first kappa shape index (κ1) is 15.6. The van der Waals surface area contributed by atoms with Crippen LogP contribution in [0.3, 0.4) is 0 Å². The predicted molar refractivity (Wildman–Crippen MR) is 86.6 cm³/mol. The third-order valence-corrected chi connectivity index (χ3v) is 3.62. The van der Waals surface area contributed by atoms with Gasteiger partial charge in [-0.25, -0.2) is 0 Å². The summed E-state index contributed by atoms with van der Waals surface area (Å²) in [6.07, 6.45) is 3.26. The molecule has 0 amide bonds. The first-order valence-electron chi connectivity index (χ1n) is 7.61. The van der Waals surface area contributed by atoms with Crippen LogP contribution in [-0.2, 0) is 13.1 Å². The monoisotopic (exact) mass is 287 g/mol. The number of methoxy groups -OCH3 is 1. The van der Waals surface area contributed by atoms with Crippen molar-refractivity contribution in [2.75, 3.05) is 13.7 Å². The molecular formula is C17H25N3O. The van der Waals surface area contributed by atoms with E-state index in [4.69, 9.17) is 4.74 Å². The van der Waals surface area contributed by atoms with Gasteiger partial charge in [0.1, 0.15) is 5.75 Å². The van der Waals surface area contributed by atoms with E-state index in [0.717, 1.165) is 37.5 Å². The minimum Gasteiger partial charge on any atom is -0.497 e. The predicted octanol–water partition coefficient (Wildman–Crippen LogP) is 3.39. The zero-order valence-corrected chi connectivity index (χ0v) is 13.4. The van der Waals surface area contributed by atoms with E-state index in [9.17, 15) is 0 Å². The van der Waals surface area contributed by atoms with Gasteiger partial charge in [0.25, 0.3) is 0 Å². The quantitative estimate of drug-likeness (QED) is 0.793. The second kappa shape index (κ2) is 7.27. The lowest BCUT2D eigenvalue weighted by atomic mass is 10.00. The summed E-state index contributed by atoms with van der Waals surface area (Å²) < 4.78 is 7.34. The highest BCUT2D eigenvalue weighted by Crippen LogP contribution is 2.29. The Morgan fingerprint density at radius 3 is 2.67 bits per heavy atom. The van der Waals surface area contributed by atoms with Crippen molar-refractivity contribution in [3.05, 3.63) is 35.7 Å². The lowest BCUT2D eigenvalue weighted by Gasteiger charge is -2.12. The van der Waals surface area contributed by atoms with Crippen LogP contribution >= 0.6 is 0 Å². The number of nitrogens with zero attached hydrogens (tertiary/aromatic N) is 2. The van der Waals surface area contributed by atoms with Gasteiger partial charge in [0.05, 0.1) is 12.8 Å². The minimum atomic E-state index is 0.844. The maximum atomic E-state index is 5.36. The molecule has 0 spiro atoms. The van der Waals surface area contributed by atoms with Crippen molar-refractivity contribution in [2.45, 2.75) is 40.3 Å². The summed E-state index contributed by atoms with van der Waals surface area (Å²) in [6, 6.07) is 6.26. The molecule has 2 aromatic rings. The van der Waals surface area contributed by atoms with Crippen molar-refractivity contribution in [1.82, 2.24) is 15.1 Å². The van der Waals surface area contributed by atoms with Crippen LogP contribution in [0.5, 0.6) is 5.75 Å². The van der Waals surface area contributed by atoms with Gasteiger partial charge in [-0.3, -0.25) is 4.68 Å². The van der Waals surface area contributed by atoms with Gasteiger partial charge in [-0.15, -0.1) is 0 Å². The minimum absolute atomic E-state index is 0.844. The Hall–Kier alpha value is -1.81. The molecule has 0 saturated carbocycles. The van der Waals surface area contributed by atoms with Crippen molar-refractivity contribution in [3.63, 3.8) is 0 Å². The van der Waals surface area contributed by atoms with E-state index in [0.29, 0.717) is 0 Å². The van der Waals surface area contributed by atoms with E-state index in [1.54, 1.807) is 7.11 Å². The molecule has 0 aliphatic carbocycles. The Balaban J connectivity index is 2.38. The molecule has 0 bridgehead atoms. The summed E-state index contributed by atoms with van der Waals surface area (Å²) in [5, 5.41) is 8.02. The molecule has 0 aliphatic rings. The third kappa shape index (κ3) is 3.64. The molecule has 114 valence electrons. The highest BCUT2D eigenvalue weighted by atomic mass is 16.5. The summed E-state index contributed by atoms with van der Waals surface area (Å²) >= 11 is 0. The van der Waals surface area contributed by atoms with Gasteiger partial charge in [0.2, 0.25) is 0 Å². The third-order valence-electron chi connectivity index (χ3n) is 3.62. The molecule has 21 heavy (non-hydrogen) atoms.